The SMILES string of the molecule is NC(=O)c1n[nH]c(NOCc2ccccc2)c1-c1ccccn1. The smallest absolute Gasteiger partial charge is 0.269 e. The summed E-state index contributed by atoms with van der Waals surface area (Å²) in [5, 5.41) is 6.65. The molecule has 0 saturated heterocycles. The summed E-state index contributed by atoms with van der Waals surface area (Å²) in [5.74, 6) is -0.216. The molecule has 0 spiro atoms. The van der Waals surface area contributed by atoms with Crippen LogP contribution < -0.4 is 11.2 Å². The van der Waals surface area contributed by atoms with Crippen molar-refractivity contribution in [2.75, 3.05) is 5.48 Å². The van der Waals surface area contributed by atoms with Gasteiger partial charge >= 0.3 is 0 Å². The Balaban J connectivity index is 1.81. The zero-order valence-electron chi connectivity index (χ0n) is 12.2. The number of nitrogens with two attached hydrogens (primary N) is 1. The number of H-pyrrole nitrogens is 1. The summed E-state index contributed by atoms with van der Waals surface area (Å²) in [7, 11) is 0. The monoisotopic (exact) mass is 309 g/mol. The number of rotatable bonds is 6. The standard InChI is InChI=1S/C16H15N5O2/c17-15(22)14-13(12-8-4-5-9-18-12)16(20-19-14)21-23-10-11-6-2-1-3-7-11/h1-9H,10H2,(H2,17,22)(H2,19,20,21). The van der Waals surface area contributed by atoms with E-state index < -0.39 is 5.91 Å². The number of hydrogen-bond donors (Lipinski definition) is 3. The number of amides is 1. The topological polar surface area (TPSA) is 106 Å². The fourth-order valence-corrected chi connectivity index (χ4v) is 2.12. The van der Waals surface area contributed by atoms with Gasteiger partial charge in [-0.3, -0.25) is 19.7 Å². The third kappa shape index (κ3) is 3.35. The molecular weight excluding hydrogens is 294 g/mol. The number of benzene rings is 1. The summed E-state index contributed by atoms with van der Waals surface area (Å²) < 4.78 is 0. The maximum Gasteiger partial charge on any atom is 0.269 e. The zero-order chi connectivity index (χ0) is 16.1. The number of nitrogens with one attached hydrogen (secondary N) is 2. The molecule has 7 heteroatoms. The molecule has 0 bridgehead atoms. The fourth-order valence-electron chi connectivity index (χ4n) is 2.12. The molecule has 2 heterocycles. The van der Waals surface area contributed by atoms with E-state index in [1.54, 1.807) is 18.3 Å². The van der Waals surface area contributed by atoms with Crippen LogP contribution in [0.5, 0.6) is 0 Å². The molecule has 3 rings (SSSR count). The van der Waals surface area contributed by atoms with Crippen molar-refractivity contribution in [3.63, 3.8) is 0 Å². The third-order valence-corrected chi connectivity index (χ3v) is 3.18. The molecule has 0 aliphatic heterocycles. The number of nitrogens with zero attached hydrogens (tertiary/aromatic N) is 2. The molecule has 0 fully saturated rings. The Kier molecular flexibility index (Phi) is 4.30. The molecule has 1 amide bonds. The summed E-state index contributed by atoms with van der Waals surface area (Å²) in [5.41, 5.74) is 10.3. The first kappa shape index (κ1) is 14.7. The van der Waals surface area contributed by atoms with Crippen LogP contribution >= 0.6 is 0 Å². The van der Waals surface area contributed by atoms with Crippen molar-refractivity contribution in [3.8, 4) is 11.3 Å². The average Bonchev–Trinajstić information content (AvgIpc) is 3.01. The first-order valence-corrected chi connectivity index (χ1v) is 6.97. The second-order valence-electron chi connectivity index (χ2n) is 4.78. The van der Waals surface area contributed by atoms with Gasteiger partial charge in [0.25, 0.3) is 5.91 Å². The predicted molar refractivity (Wildman–Crippen MR) is 85.2 cm³/mol. The number of hydrogen-bond acceptors (Lipinski definition) is 5. The zero-order valence-corrected chi connectivity index (χ0v) is 12.2. The molecule has 2 aromatic heterocycles. The van der Waals surface area contributed by atoms with Crippen LogP contribution in [0.4, 0.5) is 5.82 Å². The number of anilines is 1. The van der Waals surface area contributed by atoms with Crippen molar-refractivity contribution in [2.45, 2.75) is 6.61 Å². The van der Waals surface area contributed by atoms with Gasteiger partial charge in [-0.15, -0.1) is 0 Å². The quantitative estimate of drug-likeness (QED) is 0.605. The number of carbonyl (C=O) groups excluding carboxylic acids is 1. The number of pyridine rings is 1. The predicted octanol–water partition coefficient (Wildman–Crippen LogP) is 2.11. The Hall–Kier alpha value is -3.19. The minimum absolute atomic E-state index is 0.106. The summed E-state index contributed by atoms with van der Waals surface area (Å²) >= 11 is 0. The van der Waals surface area contributed by atoms with Crippen LogP contribution in [0, 0.1) is 0 Å². The number of aromatic nitrogens is 3. The van der Waals surface area contributed by atoms with Gasteiger partial charge in [0.05, 0.1) is 17.9 Å². The van der Waals surface area contributed by atoms with Crippen LogP contribution in [0.25, 0.3) is 11.3 Å². The van der Waals surface area contributed by atoms with E-state index in [-0.39, 0.29) is 5.69 Å². The Morgan fingerprint density at radius 3 is 2.65 bits per heavy atom. The van der Waals surface area contributed by atoms with Crippen LogP contribution in [0.3, 0.4) is 0 Å². The summed E-state index contributed by atoms with van der Waals surface area (Å²) in [6.07, 6.45) is 1.63. The van der Waals surface area contributed by atoms with Crippen LogP contribution in [0.1, 0.15) is 16.1 Å². The van der Waals surface area contributed by atoms with E-state index in [9.17, 15) is 4.79 Å². The largest absolute Gasteiger partial charge is 0.364 e. The van der Waals surface area contributed by atoms with Gasteiger partial charge in [0, 0.05) is 6.20 Å². The van der Waals surface area contributed by atoms with E-state index in [0.717, 1.165) is 5.56 Å². The third-order valence-electron chi connectivity index (χ3n) is 3.18. The van der Waals surface area contributed by atoms with Gasteiger partial charge in [0.2, 0.25) is 0 Å². The second kappa shape index (κ2) is 6.71. The highest BCUT2D eigenvalue weighted by atomic mass is 16.6. The van der Waals surface area contributed by atoms with Crippen molar-refractivity contribution >= 4 is 11.7 Å². The highest BCUT2D eigenvalue weighted by Crippen LogP contribution is 2.28. The van der Waals surface area contributed by atoms with Crippen LogP contribution in [0.15, 0.2) is 54.7 Å². The first-order valence-electron chi connectivity index (χ1n) is 6.97. The Labute approximate surface area is 132 Å². The summed E-state index contributed by atoms with van der Waals surface area (Å²) in [4.78, 5) is 21.2. The van der Waals surface area contributed by atoms with Crippen LogP contribution in [-0.2, 0) is 11.4 Å². The average molecular weight is 309 g/mol. The van der Waals surface area contributed by atoms with Gasteiger partial charge in [-0.1, -0.05) is 36.4 Å². The number of aromatic amines is 1. The molecule has 0 unspecified atom stereocenters. The molecule has 0 aliphatic carbocycles. The molecular formula is C16H15N5O2. The Morgan fingerprint density at radius 2 is 1.96 bits per heavy atom. The lowest BCUT2D eigenvalue weighted by molar-refractivity contribution is 0.0996. The molecule has 0 aliphatic rings. The molecule has 3 aromatic rings. The maximum absolute atomic E-state index is 11.5. The second-order valence-corrected chi connectivity index (χ2v) is 4.78. The van der Waals surface area contributed by atoms with Gasteiger partial charge in [-0.25, -0.2) is 5.48 Å². The lowest BCUT2D eigenvalue weighted by atomic mass is 10.1. The van der Waals surface area contributed by atoms with Gasteiger partial charge < -0.3 is 5.73 Å². The van der Waals surface area contributed by atoms with Crippen molar-refractivity contribution in [1.29, 1.82) is 0 Å². The van der Waals surface area contributed by atoms with E-state index >= 15 is 0 Å². The molecule has 0 atom stereocenters. The highest BCUT2D eigenvalue weighted by molar-refractivity contribution is 6.00. The van der Waals surface area contributed by atoms with Crippen molar-refractivity contribution in [3.05, 3.63) is 66.0 Å². The normalized spacial score (nSPS) is 10.4. The summed E-state index contributed by atoms with van der Waals surface area (Å²) in [6.45, 7) is 0.355. The molecule has 0 saturated carbocycles. The van der Waals surface area contributed by atoms with E-state index in [2.05, 4.69) is 20.7 Å². The number of carbonyl (C=O) groups is 1. The van der Waals surface area contributed by atoms with Crippen LogP contribution in [-0.4, -0.2) is 21.1 Å². The van der Waals surface area contributed by atoms with E-state index in [1.807, 2.05) is 36.4 Å². The van der Waals surface area contributed by atoms with Crippen molar-refractivity contribution < 1.29 is 9.63 Å². The highest BCUT2D eigenvalue weighted by Gasteiger charge is 2.20. The van der Waals surface area contributed by atoms with Gasteiger partial charge in [0.15, 0.2) is 11.5 Å². The van der Waals surface area contributed by atoms with E-state index in [1.165, 1.54) is 0 Å². The lowest BCUT2D eigenvalue weighted by Gasteiger charge is -2.08. The minimum Gasteiger partial charge on any atom is -0.364 e. The van der Waals surface area contributed by atoms with Gasteiger partial charge in [-0.05, 0) is 17.7 Å². The maximum atomic E-state index is 11.5. The number of primary amides is 1. The first-order chi connectivity index (χ1) is 11.3. The Bertz CT molecular complexity index is 787. The van der Waals surface area contributed by atoms with Crippen molar-refractivity contribution in [2.24, 2.45) is 5.73 Å². The minimum atomic E-state index is -0.641. The lowest BCUT2D eigenvalue weighted by Crippen LogP contribution is -2.13. The van der Waals surface area contributed by atoms with Crippen LogP contribution in [0.2, 0.25) is 0 Å². The molecule has 1 aromatic carbocycles. The molecule has 4 N–H and O–H groups in total. The summed E-state index contributed by atoms with van der Waals surface area (Å²) in [6, 6.07) is 15.1. The van der Waals surface area contributed by atoms with E-state index in [0.29, 0.717) is 23.7 Å². The van der Waals surface area contributed by atoms with Gasteiger partial charge in [0.1, 0.15) is 0 Å². The molecule has 116 valence electrons. The molecule has 0 radical (unpaired) electrons. The van der Waals surface area contributed by atoms with E-state index in [4.69, 9.17) is 10.6 Å². The Morgan fingerprint density at radius 1 is 1.17 bits per heavy atom. The fraction of sp³-hybridized carbons (Fsp3) is 0.0625. The molecule has 7 nitrogen and oxygen atoms in total. The van der Waals surface area contributed by atoms with Gasteiger partial charge in [-0.2, -0.15) is 5.10 Å². The van der Waals surface area contributed by atoms with Crippen molar-refractivity contribution in [1.82, 2.24) is 15.2 Å². The molecule has 23 heavy (non-hydrogen) atoms.